The lowest BCUT2D eigenvalue weighted by atomic mass is 10.1. The zero-order chi connectivity index (χ0) is 12.8. The second-order valence-electron chi connectivity index (χ2n) is 5.62. The third-order valence-corrected chi connectivity index (χ3v) is 2.64. The first-order valence-corrected chi connectivity index (χ1v) is 6.59. The van der Waals surface area contributed by atoms with Crippen molar-refractivity contribution in [1.82, 2.24) is 20.1 Å². The van der Waals surface area contributed by atoms with E-state index in [9.17, 15) is 0 Å². The fourth-order valence-corrected chi connectivity index (χ4v) is 1.77. The van der Waals surface area contributed by atoms with Gasteiger partial charge in [-0.3, -0.25) is 0 Å². The van der Waals surface area contributed by atoms with Gasteiger partial charge in [0.05, 0.1) is 0 Å². The molecule has 17 heavy (non-hydrogen) atoms. The third kappa shape index (κ3) is 5.31. The van der Waals surface area contributed by atoms with Crippen molar-refractivity contribution in [2.45, 2.75) is 53.6 Å². The van der Waals surface area contributed by atoms with Gasteiger partial charge in [0.25, 0.3) is 0 Å². The molecule has 1 N–H and O–H groups in total. The van der Waals surface area contributed by atoms with Crippen LogP contribution in [0.3, 0.4) is 0 Å². The summed E-state index contributed by atoms with van der Waals surface area (Å²) < 4.78 is 2.04. The molecule has 0 aliphatic rings. The third-order valence-electron chi connectivity index (χ3n) is 2.64. The lowest BCUT2D eigenvalue weighted by Crippen LogP contribution is -2.29. The fraction of sp³-hybridized carbons (Fsp3) is 0.846. The first-order valence-electron chi connectivity index (χ1n) is 6.59. The van der Waals surface area contributed by atoms with E-state index in [1.807, 2.05) is 4.68 Å². The van der Waals surface area contributed by atoms with Crippen LogP contribution in [0, 0.1) is 11.8 Å². The Morgan fingerprint density at radius 2 is 1.94 bits per heavy atom. The van der Waals surface area contributed by atoms with Crippen LogP contribution in [0.15, 0.2) is 6.33 Å². The topological polar surface area (TPSA) is 42.7 Å². The van der Waals surface area contributed by atoms with Gasteiger partial charge in [-0.05, 0) is 18.4 Å². The number of rotatable bonds is 7. The zero-order valence-electron chi connectivity index (χ0n) is 11.8. The molecule has 1 heterocycles. The van der Waals surface area contributed by atoms with Crippen LogP contribution >= 0.6 is 0 Å². The fourth-order valence-electron chi connectivity index (χ4n) is 1.77. The molecule has 0 spiro atoms. The molecule has 1 unspecified atom stereocenters. The highest BCUT2D eigenvalue weighted by molar-refractivity contribution is 4.87. The Kier molecular flexibility index (Phi) is 5.62. The molecule has 4 nitrogen and oxygen atoms in total. The molecule has 0 aromatic carbocycles. The van der Waals surface area contributed by atoms with Crippen LogP contribution in [0.25, 0.3) is 0 Å². The van der Waals surface area contributed by atoms with Gasteiger partial charge in [-0.2, -0.15) is 5.10 Å². The molecule has 1 aromatic rings. The van der Waals surface area contributed by atoms with Gasteiger partial charge in [0.2, 0.25) is 0 Å². The minimum Gasteiger partial charge on any atom is -0.314 e. The van der Waals surface area contributed by atoms with E-state index >= 15 is 0 Å². The Bertz CT molecular complexity index is 317. The van der Waals surface area contributed by atoms with Crippen molar-refractivity contribution in [1.29, 1.82) is 0 Å². The van der Waals surface area contributed by atoms with Crippen molar-refractivity contribution in [2.75, 3.05) is 6.54 Å². The van der Waals surface area contributed by atoms with E-state index < -0.39 is 0 Å². The molecule has 0 radical (unpaired) electrons. The normalized spacial score (nSPS) is 13.6. The summed E-state index contributed by atoms with van der Waals surface area (Å²) in [6, 6.07) is 0.547. The highest BCUT2D eigenvalue weighted by atomic mass is 15.3. The SMILES string of the molecule is CC(C)Cn1ncnc1CC(C)CNC(C)C. The number of nitrogens with one attached hydrogen (secondary N) is 1. The first-order chi connectivity index (χ1) is 7.99. The van der Waals surface area contributed by atoms with E-state index in [-0.39, 0.29) is 0 Å². The molecular weight excluding hydrogens is 212 g/mol. The predicted molar refractivity (Wildman–Crippen MR) is 70.9 cm³/mol. The number of hydrogen-bond acceptors (Lipinski definition) is 3. The van der Waals surface area contributed by atoms with Crippen molar-refractivity contribution in [3.8, 4) is 0 Å². The first kappa shape index (κ1) is 14.2. The van der Waals surface area contributed by atoms with Crippen molar-refractivity contribution >= 4 is 0 Å². The maximum atomic E-state index is 4.36. The molecule has 0 aliphatic heterocycles. The zero-order valence-corrected chi connectivity index (χ0v) is 11.8. The Balaban J connectivity index is 2.47. The van der Waals surface area contributed by atoms with Gasteiger partial charge in [-0.1, -0.05) is 34.6 Å². The quantitative estimate of drug-likeness (QED) is 0.791. The molecule has 0 amide bonds. The molecule has 0 bridgehead atoms. The van der Waals surface area contributed by atoms with E-state index in [2.05, 4.69) is 50.0 Å². The minimum atomic E-state index is 0.547. The van der Waals surface area contributed by atoms with Crippen LogP contribution in [0.5, 0.6) is 0 Å². The number of aromatic nitrogens is 3. The van der Waals surface area contributed by atoms with Crippen molar-refractivity contribution < 1.29 is 0 Å². The smallest absolute Gasteiger partial charge is 0.138 e. The predicted octanol–water partition coefficient (Wildman–Crippen LogP) is 2.11. The minimum absolute atomic E-state index is 0.547. The molecular formula is C13H26N4. The van der Waals surface area contributed by atoms with Gasteiger partial charge in [0.1, 0.15) is 12.2 Å². The van der Waals surface area contributed by atoms with Crippen LogP contribution in [-0.4, -0.2) is 27.4 Å². The van der Waals surface area contributed by atoms with Crippen molar-refractivity contribution in [3.05, 3.63) is 12.2 Å². The second-order valence-corrected chi connectivity index (χ2v) is 5.62. The Morgan fingerprint density at radius 3 is 2.53 bits per heavy atom. The maximum absolute atomic E-state index is 4.36. The molecule has 4 heteroatoms. The molecule has 0 saturated heterocycles. The lowest BCUT2D eigenvalue weighted by Gasteiger charge is -2.15. The summed E-state index contributed by atoms with van der Waals surface area (Å²) in [5, 5.41) is 7.75. The molecule has 0 aliphatic carbocycles. The van der Waals surface area contributed by atoms with E-state index in [0.717, 1.165) is 25.3 Å². The Morgan fingerprint density at radius 1 is 1.24 bits per heavy atom. The van der Waals surface area contributed by atoms with Gasteiger partial charge >= 0.3 is 0 Å². The molecule has 0 saturated carbocycles. The van der Waals surface area contributed by atoms with Gasteiger partial charge in [0, 0.05) is 19.0 Å². The average Bonchev–Trinajstić information content (AvgIpc) is 2.62. The second kappa shape index (κ2) is 6.74. The van der Waals surface area contributed by atoms with E-state index in [1.165, 1.54) is 0 Å². The molecule has 1 aromatic heterocycles. The maximum Gasteiger partial charge on any atom is 0.138 e. The Hall–Kier alpha value is -0.900. The number of hydrogen-bond donors (Lipinski definition) is 1. The molecule has 0 fully saturated rings. The lowest BCUT2D eigenvalue weighted by molar-refractivity contribution is 0.428. The standard InChI is InChI=1S/C13H26N4/c1-10(2)8-17-13(15-9-16-17)6-12(5)7-14-11(3)4/h9-12,14H,6-8H2,1-5H3. The summed E-state index contributed by atoms with van der Waals surface area (Å²) in [6.45, 7) is 13.0. The van der Waals surface area contributed by atoms with Crippen LogP contribution in [0.2, 0.25) is 0 Å². The van der Waals surface area contributed by atoms with Crippen LogP contribution in [-0.2, 0) is 13.0 Å². The molecule has 98 valence electrons. The largest absolute Gasteiger partial charge is 0.314 e. The molecule has 1 rings (SSSR count). The van der Waals surface area contributed by atoms with Gasteiger partial charge in [0.15, 0.2) is 0 Å². The average molecular weight is 238 g/mol. The highest BCUT2D eigenvalue weighted by Crippen LogP contribution is 2.07. The molecule has 1 atom stereocenters. The summed E-state index contributed by atoms with van der Waals surface area (Å²) in [6.07, 6.45) is 2.66. The monoisotopic (exact) mass is 238 g/mol. The van der Waals surface area contributed by atoms with Crippen molar-refractivity contribution in [2.24, 2.45) is 11.8 Å². The summed E-state index contributed by atoms with van der Waals surface area (Å²) in [4.78, 5) is 4.36. The highest BCUT2D eigenvalue weighted by Gasteiger charge is 2.11. The van der Waals surface area contributed by atoms with Crippen LogP contribution in [0.1, 0.15) is 40.4 Å². The van der Waals surface area contributed by atoms with E-state index in [4.69, 9.17) is 0 Å². The van der Waals surface area contributed by atoms with E-state index in [1.54, 1.807) is 6.33 Å². The van der Waals surface area contributed by atoms with Crippen LogP contribution < -0.4 is 5.32 Å². The summed E-state index contributed by atoms with van der Waals surface area (Å²) >= 11 is 0. The Labute approximate surface area is 105 Å². The summed E-state index contributed by atoms with van der Waals surface area (Å²) in [5.41, 5.74) is 0. The summed E-state index contributed by atoms with van der Waals surface area (Å²) in [7, 11) is 0. The van der Waals surface area contributed by atoms with Crippen molar-refractivity contribution in [3.63, 3.8) is 0 Å². The van der Waals surface area contributed by atoms with Gasteiger partial charge < -0.3 is 5.32 Å². The van der Waals surface area contributed by atoms with Gasteiger partial charge in [-0.25, -0.2) is 9.67 Å². The van der Waals surface area contributed by atoms with Gasteiger partial charge in [-0.15, -0.1) is 0 Å². The number of nitrogens with zero attached hydrogens (tertiary/aromatic N) is 3. The summed E-state index contributed by atoms with van der Waals surface area (Å²) in [5.74, 6) is 2.31. The van der Waals surface area contributed by atoms with Crippen LogP contribution in [0.4, 0.5) is 0 Å². The van der Waals surface area contributed by atoms with E-state index in [0.29, 0.717) is 17.9 Å².